The highest BCUT2D eigenvalue weighted by atomic mass is 16.6. The van der Waals surface area contributed by atoms with Crippen molar-refractivity contribution in [1.82, 2.24) is 20.9 Å². The Morgan fingerprint density at radius 1 is 0.792 bits per heavy atom. The van der Waals surface area contributed by atoms with E-state index < -0.39 is 47.0 Å². The van der Waals surface area contributed by atoms with Crippen molar-refractivity contribution < 1.29 is 38.2 Å². The van der Waals surface area contributed by atoms with Gasteiger partial charge in [0.05, 0.1) is 13.2 Å². The molecule has 252 valence electrons. The Balaban J connectivity index is 0.000000235. The monoisotopic (exact) mass is 657 g/mol. The normalized spacial score (nSPS) is 19.0. The number of ether oxygens (including phenoxy) is 2. The van der Waals surface area contributed by atoms with E-state index >= 15 is 0 Å². The fraction of sp³-hybridized carbons (Fsp3) is 0.314. The third kappa shape index (κ3) is 7.36. The topological polar surface area (TPSA) is 186 Å². The molecule has 2 saturated heterocycles. The van der Waals surface area contributed by atoms with Crippen molar-refractivity contribution >= 4 is 35.9 Å². The Kier molecular flexibility index (Phi) is 11.6. The van der Waals surface area contributed by atoms with Gasteiger partial charge >= 0.3 is 18.2 Å². The van der Waals surface area contributed by atoms with Crippen LogP contribution in [-0.4, -0.2) is 66.6 Å². The predicted molar refractivity (Wildman–Crippen MR) is 174 cm³/mol. The van der Waals surface area contributed by atoms with Crippen LogP contribution in [0.25, 0.3) is 0 Å². The fourth-order valence-corrected chi connectivity index (χ4v) is 5.71. The standard InChI is InChI=1S/C20H27N3O6.C15H12N2O2/c1-3-5-11-28-13-15(29-18(21)26)12-23-17(25)20(4-2,16(24)22-19(23)27)14-9-7-6-8-10-14;18-13-15(17-14(19)16-13,11-7-3-1-4-8-11)12-9-5-2-6-10-12/h6-10,15H,3-5,11-13H2,1-2H3,(H2,21,26)(H,22,24,27);1-10H,(H2,16,17,18,19). The number of hydrogen-bond donors (Lipinski definition) is 4. The van der Waals surface area contributed by atoms with Crippen molar-refractivity contribution in [2.24, 2.45) is 5.73 Å². The van der Waals surface area contributed by atoms with E-state index in [-0.39, 0.29) is 25.5 Å². The summed E-state index contributed by atoms with van der Waals surface area (Å²) in [5.74, 6) is -1.70. The Morgan fingerprint density at radius 3 is 1.79 bits per heavy atom. The maximum atomic E-state index is 13.3. The number of carbonyl (C=O) groups is 6. The molecule has 8 amide bonds. The van der Waals surface area contributed by atoms with E-state index in [1.807, 2.05) is 67.6 Å². The van der Waals surface area contributed by atoms with Crippen LogP contribution in [-0.2, 0) is 34.8 Å². The fourth-order valence-electron chi connectivity index (χ4n) is 5.71. The van der Waals surface area contributed by atoms with Gasteiger partial charge in [-0.3, -0.25) is 29.9 Å². The highest BCUT2D eigenvalue weighted by Crippen LogP contribution is 2.34. The highest BCUT2D eigenvalue weighted by Gasteiger charge is 2.54. The first-order chi connectivity index (χ1) is 23.1. The van der Waals surface area contributed by atoms with Gasteiger partial charge in [-0.15, -0.1) is 0 Å². The number of nitrogens with zero attached hydrogens (tertiary/aromatic N) is 1. The number of primary amides is 1. The number of nitrogens with one attached hydrogen (secondary N) is 3. The summed E-state index contributed by atoms with van der Waals surface area (Å²) in [5, 5.41) is 7.32. The van der Waals surface area contributed by atoms with Crippen LogP contribution in [0.15, 0.2) is 91.0 Å². The molecule has 0 spiro atoms. The zero-order chi connectivity index (χ0) is 34.7. The maximum absolute atomic E-state index is 13.3. The summed E-state index contributed by atoms with van der Waals surface area (Å²) in [5.41, 5.74) is 4.39. The van der Waals surface area contributed by atoms with E-state index in [9.17, 15) is 28.8 Å². The van der Waals surface area contributed by atoms with Gasteiger partial charge in [-0.05, 0) is 29.5 Å². The van der Waals surface area contributed by atoms with E-state index in [2.05, 4.69) is 16.0 Å². The molecule has 2 fully saturated rings. The summed E-state index contributed by atoms with van der Waals surface area (Å²) in [6, 6.07) is 25.6. The Bertz CT molecular complexity index is 1580. The molecule has 0 bridgehead atoms. The zero-order valence-electron chi connectivity index (χ0n) is 26.8. The minimum absolute atomic E-state index is 0.0294. The number of amides is 8. The molecule has 0 aromatic heterocycles. The number of imide groups is 3. The Morgan fingerprint density at radius 2 is 1.33 bits per heavy atom. The number of urea groups is 2. The number of hydrogen-bond acceptors (Lipinski definition) is 8. The highest BCUT2D eigenvalue weighted by molar-refractivity contribution is 6.22. The van der Waals surface area contributed by atoms with Crippen molar-refractivity contribution in [1.29, 1.82) is 0 Å². The first-order valence-electron chi connectivity index (χ1n) is 15.6. The SMILES string of the molecule is CCCCOCC(CN1C(=O)NC(=O)C(CC)(c2ccccc2)C1=O)OC(N)=O.O=C1NC(=O)C(c2ccccc2)(c2ccccc2)N1. The zero-order valence-corrected chi connectivity index (χ0v) is 26.8. The van der Waals surface area contributed by atoms with Crippen molar-refractivity contribution in [3.05, 3.63) is 108 Å². The van der Waals surface area contributed by atoms with E-state index in [4.69, 9.17) is 15.2 Å². The maximum Gasteiger partial charge on any atom is 0.404 e. The van der Waals surface area contributed by atoms with Crippen LogP contribution in [0.4, 0.5) is 14.4 Å². The van der Waals surface area contributed by atoms with Crippen LogP contribution < -0.4 is 21.7 Å². The number of carbonyl (C=O) groups excluding carboxylic acids is 6. The first-order valence-corrected chi connectivity index (χ1v) is 15.6. The quantitative estimate of drug-likeness (QED) is 0.130. The predicted octanol–water partition coefficient (Wildman–Crippen LogP) is 3.46. The second kappa shape index (κ2) is 15.8. The van der Waals surface area contributed by atoms with E-state index in [0.717, 1.165) is 28.9 Å². The molecule has 0 saturated carbocycles. The number of rotatable bonds is 12. The molecule has 2 aliphatic heterocycles. The number of barbiturate groups is 1. The summed E-state index contributed by atoms with van der Waals surface area (Å²) in [4.78, 5) is 74.5. The molecule has 5 N–H and O–H groups in total. The van der Waals surface area contributed by atoms with Crippen molar-refractivity contribution in [2.45, 2.75) is 50.2 Å². The summed E-state index contributed by atoms with van der Waals surface area (Å²) in [6.07, 6.45) is -0.0994. The summed E-state index contributed by atoms with van der Waals surface area (Å²) in [6.45, 7) is 3.84. The molecule has 48 heavy (non-hydrogen) atoms. The van der Waals surface area contributed by atoms with E-state index in [1.54, 1.807) is 37.3 Å². The van der Waals surface area contributed by atoms with Gasteiger partial charge in [0.1, 0.15) is 6.10 Å². The minimum atomic E-state index is -1.55. The molecule has 2 heterocycles. The van der Waals surface area contributed by atoms with Gasteiger partial charge in [-0.25, -0.2) is 14.4 Å². The second-order valence-electron chi connectivity index (χ2n) is 11.2. The van der Waals surface area contributed by atoms with Crippen molar-refractivity contribution in [2.75, 3.05) is 19.8 Å². The van der Waals surface area contributed by atoms with Gasteiger partial charge in [-0.1, -0.05) is 111 Å². The average molecular weight is 658 g/mol. The molecule has 3 aromatic carbocycles. The number of benzene rings is 3. The van der Waals surface area contributed by atoms with Gasteiger partial charge in [0, 0.05) is 6.61 Å². The summed E-state index contributed by atoms with van der Waals surface area (Å²) in [7, 11) is 0. The minimum Gasteiger partial charge on any atom is -0.442 e. The van der Waals surface area contributed by atoms with E-state index in [0.29, 0.717) is 12.2 Å². The van der Waals surface area contributed by atoms with Gasteiger partial charge in [0.25, 0.3) is 11.8 Å². The Labute approximate surface area is 278 Å². The lowest BCUT2D eigenvalue weighted by Crippen LogP contribution is -2.67. The van der Waals surface area contributed by atoms with Gasteiger partial charge in [0.15, 0.2) is 11.0 Å². The Hall–Kier alpha value is -5.56. The lowest BCUT2D eigenvalue weighted by atomic mass is 9.74. The molecule has 13 heteroatoms. The van der Waals surface area contributed by atoms with Crippen LogP contribution in [0.2, 0.25) is 0 Å². The lowest BCUT2D eigenvalue weighted by Gasteiger charge is -2.39. The van der Waals surface area contributed by atoms with Gasteiger partial charge in [-0.2, -0.15) is 0 Å². The second-order valence-corrected chi connectivity index (χ2v) is 11.2. The van der Waals surface area contributed by atoms with Crippen LogP contribution in [0.3, 0.4) is 0 Å². The summed E-state index contributed by atoms with van der Waals surface area (Å²) >= 11 is 0. The largest absolute Gasteiger partial charge is 0.442 e. The molecule has 13 nitrogen and oxygen atoms in total. The van der Waals surface area contributed by atoms with Gasteiger partial charge < -0.3 is 20.5 Å². The third-order valence-corrected chi connectivity index (χ3v) is 8.16. The molecule has 2 atom stereocenters. The van der Waals surface area contributed by atoms with E-state index in [1.165, 1.54) is 0 Å². The molecule has 0 aliphatic carbocycles. The molecule has 0 radical (unpaired) electrons. The summed E-state index contributed by atoms with van der Waals surface area (Å²) < 4.78 is 10.5. The number of nitrogens with two attached hydrogens (primary N) is 1. The number of unbranched alkanes of at least 4 members (excludes halogenated alkanes) is 1. The first kappa shape index (κ1) is 35.3. The molecule has 2 aliphatic rings. The lowest BCUT2D eigenvalue weighted by molar-refractivity contribution is -0.147. The molecule has 2 unspecified atom stereocenters. The molecular weight excluding hydrogens is 618 g/mol. The van der Waals surface area contributed by atoms with Crippen LogP contribution in [0, 0.1) is 0 Å². The molecule has 3 aromatic rings. The molecular formula is C35H39N5O8. The van der Waals surface area contributed by atoms with Crippen LogP contribution in [0.5, 0.6) is 0 Å². The van der Waals surface area contributed by atoms with Gasteiger partial charge in [0.2, 0.25) is 5.91 Å². The van der Waals surface area contributed by atoms with Crippen LogP contribution >= 0.6 is 0 Å². The van der Waals surface area contributed by atoms with Crippen LogP contribution in [0.1, 0.15) is 49.8 Å². The van der Waals surface area contributed by atoms with Crippen molar-refractivity contribution in [3.8, 4) is 0 Å². The average Bonchev–Trinajstić information content (AvgIpc) is 3.40. The molecule has 5 rings (SSSR count). The third-order valence-electron chi connectivity index (χ3n) is 8.16. The van der Waals surface area contributed by atoms with Crippen molar-refractivity contribution in [3.63, 3.8) is 0 Å². The smallest absolute Gasteiger partial charge is 0.404 e.